The Hall–Kier alpha value is -4.88. The normalized spacial score (nSPS) is 14.0. The minimum atomic E-state index is -4.12. The van der Waals surface area contributed by atoms with E-state index in [-0.39, 0.29) is 41.6 Å². The van der Waals surface area contributed by atoms with E-state index in [2.05, 4.69) is 22.2 Å². The maximum Gasteiger partial charge on any atom is 0.303 e. The van der Waals surface area contributed by atoms with Crippen LogP contribution < -0.4 is 24.4 Å². The number of carboxylic acid groups (broad SMARTS) is 1. The van der Waals surface area contributed by atoms with Crippen molar-refractivity contribution in [2.24, 2.45) is 0 Å². The van der Waals surface area contributed by atoms with Gasteiger partial charge in [0, 0.05) is 18.5 Å². The minimum absolute atomic E-state index is 0.0206. The lowest BCUT2D eigenvalue weighted by Gasteiger charge is -2.36. The Morgan fingerprint density at radius 3 is 2.45 bits per heavy atom. The standard InChI is InChI=1S/C34H35N3O8S2/c38-30(39)14-7-20-37-23-29(34(41)36-47(42,43)31-15-8-22-46-31)45-32-27(12-6-13-28(32)37)35-33(40)25-16-18-26(19-17-25)44-21-5-4-11-24-9-2-1-3-10-24/h1-3,6,8-10,12-13,15-19,22,29H,4-5,7,11,14,20-21,23H2,(H,35,40)(H,36,41)(H,38,39). The molecule has 246 valence electrons. The third kappa shape index (κ3) is 9.11. The summed E-state index contributed by atoms with van der Waals surface area (Å²) < 4.78 is 39.4. The molecule has 11 nitrogen and oxygen atoms in total. The highest BCUT2D eigenvalue weighted by atomic mass is 32.2. The first kappa shape index (κ1) is 33.5. The zero-order valence-electron chi connectivity index (χ0n) is 25.5. The SMILES string of the molecule is O=C(O)CCCN1CC(C(=O)NS(=O)(=O)c2cccs2)Oc2c(NC(=O)c3ccc(OCCCCc4ccccc4)cc3)cccc21. The van der Waals surface area contributed by atoms with Crippen LogP contribution in [0.25, 0.3) is 0 Å². The van der Waals surface area contributed by atoms with Crippen molar-refractivity contribution < 1.29 is 37.4 Å². The molecule has 3 N–H and O–H groups in total. The number of benzene rings is 3. The number of fused-ring (bicyclic) bond motifs is 1. The first-order valence-corrected chi connectivity index (χ1v) is 17.5. The number of nitrogens with zero attached hydrogens (tertiary/aromatic N) is 1. The second-order valence-electron chi connectivity index (χ2n) is 10.9. The molecule has 0 bridgehead atoms. The van der Waals surface area contributed by atoms with Gasteiger partial charge in [0.15, 0.2) is 11.9 Å². The van der Waals surface area contributed by atoms with Gasteiger partial charge in [-0.2, -0.15) is 0 Å². The highest BCUT2D eigenvalue weighted by molar-refractivity contribution is 7.92. The Labute approximate surface area is 277 Å². The third-order valence-corrected chi connectivity index (χ3v) is 10.2. The van der Waals surface area contributed by atoms with Crippen molar-refractivity contribution in [3.63, 3.8) is 0 Å². The predicted molar refractivity (Wildman–Crippen MR) is 179 cm³/mol. The summed E-state index contributed by atoms with van der Waals surface area (Å²) in [6, 6.07) is 25.0. The highest BCUT2D eigenvalue weighted by Crippen LogP contribution is 2.40. The molecule has 2 amide bonds. The van der Waals surface area contributed by atoms with Crippen molar-refractivity contribution in [1.29, 1.82) is 0 Å². The lowest BCUT2D eigenvalue weighted by molar-refractivity contribution is -0.137. The van der Waals surface area contributed by atoms with Crippen molar-refractivity contribution in [3.05, 3.63) is 101 Å². The average Bonchev–Trinajstić information content (AvgIpc) is 3.62. The van der Waals surface area contributed by atoms with E-state index in [9.17, 15) is 22.8 Å². The molecule has 0 saturated heterocycles. The van der Waals surface area contributed by atoms with Crippen LogP contribution in [0.4, 0.5) is 11.4 Å². The van der Waals surface area contributed by atoms with Crippen LogP contribution in [-0.4, -0.2) is 57.1 Å². The second kappa shape index (κ2) is 15.6. The van der Waals surface area contributed by atoms with E-state index < -0.39 is 33.9 Å². The quantitative estimate of drug-likeness (QED) is 0.142. The van der Waals surface area contributed by atoms with Crippen molar-refractivity contribution in [2.45, 2.75) is 42.4 Å². The number of anilines is 2. The number of aryl methyl sites for hydroxylation is 1. The van der Waals surface area contributed by atoms with Gasteiger partial charge >= 0.3 is 5.97 Å². The molecular formula is C34H35N3O8S2. The molecule has 0 radical (unpaired) electrons. The lowest BCUT2D eigenvalue weighted by Crippen LogP contribution is -2.50. The molecule has 0 fully saturated rings. The number of amides is 2. The number of thiophene rings is 1. The fourth-order valence-corrected chi connectivity index (χ4v) is 7.07. The number of nitrogens with one attached hydrogen (secondary N) is 2. The molecule has 1 atom stereocenters. The maximum atomic E-state index is 13.3. The van der Waals surface area contributed by atoms with Crippen molar-refractivity contribution in [3.8, 4) is 11.5 Å². The molecule has 0 saturated carbocycles. The summed E-state index contributed by atoms with van der Waals surface area (Å²) in [4.78, 5) is 39.4. The zero-order chi connectivity index (χ0) is 33.2. The smallest absolute Gasteiger partial charge is 0.303 e. The first-order chi connectivity index (χ1) is 22.7. The molecule has 1 aliphatic heterocycles. The van der Waals surface area contributed by atoms with Crippen molar-refractivity contribution >= 4 is 50.5 Å². The van der Waals surface area contributed by atoms with E-state index in [0.29, 0.717) is 23.6 Å². The summed E-state index contributed by atoms with van der Waals surface area (Å²) in [7, 11) is -4.12. The van der Waals surface area contributed by atoms with Crippen LogP contribution in [-0.2, 0) is 26.0 Å². The molecule has 0 spiro atoms. The number of carbonyl (C=O) groups is 3. The minimum Gasteiger partial charge on any atom is -0.494 e. The van der Waals surface area contributed by atoms with E-state index in [1.54, 1.807) is 58.8 Å². The van der Waals surface area contributed by atoms with Crippen molar-refractivity contribution in [2.75, 3.05) is 29.9 Å². The van der Waals surface area contributed by atoms with E-state index in [1.165, 1.54) is 11.6 Å². The molecule has 0 aliphatic carbocycles. The summed E-state index contributed by atoms with van der Waals surface area (Å²) in [6.45, 7) is 0.789. The Morgan fingerprint density at radius 1 is 0.936 bits per heavy atom. The number of hydrogen-bond donors (Lipinski definition) is 3. The van der Waals surface area contributed by atoms with Gasteiger partial charge in [0.05, 0.1) is 24.5 Å². The topological polar surface area (TPSA) is 151 Å². The van der Waals surface area contributed by atoms with E-state index in [4.69, 9.17) is 14.6 Å². The Balaban J connectivity index is 1.24. The number of rotatable bonds is 15. The number of sulfonamides is 1. The molecule has 47 heavy (non-hydrogen) atoms. The number of para-hydroxylation sites is 1. The van der Waals surface area contributed by atoms with Crippen LogP contribution >= 0.6 is 11.3 Å². The summed E-state index contributed by atoms with van der Waals surface area (Å²) in [6.07, 6.45) is 1.79. The first-order valence-electron chi connectivity index (χ1n) is 15.1. The fraction of sp³-hybridized carbons (Fsp3) is 0.265. The number of hydrogen-bond acceptors (Lipinski definition) is 9. The van der Waals surface area contributed by atoms with Crippen LogP contribution in [0.2, 0.25) is 0 Å². The van der Waals surface area contributed by atoms with Crippen molar-refractivity contribution in [1.82, 2.24) is 4.72 Å². The largest absolute Gasteiger partial charge is 0.494 e. The van der Waals surface area contributed by atoms with Gasteiger partial charge in [0.2, 0.25) is 0 Å². The molecule has 1 aromatic heterocycles. The van der Waals surface area contributed by atoms with Gasteiger partial charge in [-0.15, -0.1) is 11.3 Å². The van der Waals surface area contributed by atoms with E-state index in [1.807, 2.05) is 18.2 Å². The van der Waals surface area contributed by atoms with Gasteiger partial charge in [0.25, 0.3) is 21.8 Å². The number of ether oxygens (including phenoxy) is 2. The van der Waals surface area contributed by atoms with Crippen LogP contribution in [0.5, 0.6) is 11.5 Å². The summed E-state index contributed by atoms with van der Waals surface area (Å²) in [5.74, 6) is -1.46. The Bertz CT molecular complexity index is 1780. The molecule has 5 rings (SSSR count). The number of carbonyl (C=O) groups excluding carboxylic acids is 2. The molecule has 13 heteroatoms. The van der Waals surface area contributed by atoms with Crippen LogP contribution in [0, 0.1) is 0 Å². The van der Waals surface area contributed by atoms with Gasteiger partial charge in [-0.3, -0.25) is 14.4 Å². The van der Waals surface area contributed by atoms with Crippen LogP contribution in [0.15, 0.2) is 94.5 Å². The van der Waals surface area contributed by atoms with Gasteiger partial charge in [-0.25, -0.2) is 13.1 Å². The number of unbranched alkanes of at least 4 members (excludes halogenated alkanes) is 1. The zero-order valence-corrected chi connectivity index (χ0v) is 27.1. The molecule has 1 unspecified atom stereocenters. The molecule has 3 aromatic carbocycles. The highest BCUT2D eigenvalue weighted by Gasteiger charge is 2.35. The third-order valence-electron chi connectivity index (χ3n) is 7.42. The molecule has 4 aromatic rings. The van der Waals surface area contributed by atoms with E-state index in [0.717, 1.165) is 30.6 Å². The van der Waals surface area contributed by atoms with Gasteiger partial charge in [-0.05, 0) is 79.1 Å². The molecule has 1 aliphatic rings. The lowest BCUT2D eigenvalue weighted by atomic mass is 10.1. The van der Waals surface area contributed by atoms with Crippen LogP contribution in [0.1, 0.15) is 41.6 Å². The Kier molecular flexibility index (Phi) is 11.1. The molecular weight excluding hydrogens is 643 g/mol. The van der Waals surface area contributed by atoms with Gasteiger partial charge < -0.3 is 24.8 Å². The number of carboxylic acids is 1. The second-order valence-corrected chi connectivity index (χ2v) is 13.7. The molecule has 2 heterocycles. The Morgan fingerprint density at radius 2 is 1.72 bits per heavy atom. The fourth-order valence-electron chi connectivity index (χ4n) is 5.07. The van der Waals surface area contributed by atoms with Crippen LogP contribution in [0.3, 0.4) is 0 Å². The van der Waals surface area contributed by atoms with Gasteiger partial charge in [-0.1, -0.05) is 42.5 Å². The summed E-state index contributed by atoms with van der Waals surface area (Å²) in [5.41, 5.74) is 2.46. The maximum absolute atomic E-state index is 13.3. The van der Waals surface area contributed by atoms with E-state index >= 15 is 0 Å². The van der Waals surface area contributed by atoms with Gasteiger partial charge in [0.1, 0.15) is 9.96 Å². The summed E-state index contributed by atoms with van der Waals surface area (Å²) in [5, 5.41) is 13.6. The predicted octanol–water partition coefficient (Wildman–Crippen LogP) is 5.34. The monoisotopic (exact) mass is 677 g/mol. The average molecular weight is 678 g/mol. The summed E-state index contributed by atoms with van der Waals surface area (Å²) >= 11 is 0.969. The number of aliphatic carboxylic acids is 1.